The van der Waals surface area contributed by atoms with Crippen LogP contribution in [0.25, 0.3) is 0 Å². The summed E-state index contributed by atoms with van der Waals surface area (Å²) in [6.07, 6.45) is 0. The summed E-state index contributed by atoms with van der Waals surface area (Å²) in [5.41, 5.74) is 7.65. The molecular formula is C15H15BrN2O2. The highest BCUT2D eigenvalue weighted by Crippen LogP contribution is 2.24. The first kappa shape index (κ1) is 14.4. The smallest absolute Gasteiger partial charge is 0.248 e. The number of benzene rings is 2. The standard InChI is InChI=1S/C15H15BrN2O2/c1-20-14-7-4-12(16)8-11(14)9-18-13-5-2-10(3-6-13)15(17)19/h2-8,18H,9H2,1H3,(H2,17,19). The first-order valence-electron chi connectivity index (χ1n) is 6.06. The summed E-state index contributed by atoms with van der Waals surface area (Å²) in [7, 11) is 1.65. The molecule has 0 spiro atoms. The zero-order valence-corrected chi connectivity index (χ0v) is 12.6. The van der Waals surface area contributed by atoms with E-state index in [2.05, 4.69) is 21.2 Å². The molecule has 0 saturated heterocycles. The fourth-order valence-electron chi connectivity index (χ4n) is 1.83. The van der Waals surface area contributed by atoms with Gasteiger partial charge in [-0.05, 0) is 42.5 Å². The molecule has 0 unspecified atom stereocenters. The van der Waals surface area contributed by atoms with Crippen LogP contribution in [0, 0.1) is 0 Å². The van der Waals surface area contributed by atoms with Gasteiger partial charge in [0.15, 0.2) is 0 Å². The number of carbonyl (C=O) groups is 1. The topological polar surface area (TPSA) is 64.3 Å². The van der Waals surface area contributed by atoms with E-state index in [1.807, 2.05) is 30.3 Å². The number of methoxy groups -OCH3 is 1. The van der Waals surface area contributed by atoms with Crippen LogP contribution in [-0.4, -0.2) is 13.0 Å². The third kappa shape index (κ3) is 3.51. The number of nitrogens with two attached hydrogens (primary N) is 1. The van der Waals surface area contributed by atoms with E-state index in [4.69, 9.17) is 10.5 Å². The van der Waals surface area contributed by atoms with Crippen molar-refractivity contribution < 1.29 is 9.53 Å². The molecule has 0 radical (unpaired) electrons. The van der Waals surface area contributed by atoms with Crippen molar-refractivity contribution in [3.8, 4) is 5.75 Å². The Morgan fingerprint density at radius 3 is 2.55 bits per heavy atom. The van der Waals surface area contributed by atoms with E-state index in [0.29, 0.717) is 12.1 Å². The molecule has 0 bridgehead atoms. The first-order chi connectivity index (χ1) is 9.60. The molecule has 2 rings (SSSR count). The normalized spacial score (nSPS) is 10.1. The van der Waals surface area contributed by atoms with Crippen LogP contribution in [0.15, 0.2) is 46.9 Å². The van der Waals surface area contributed by atoms with Crippen LogP contribution in [0.4, 0.5) is 5.69 Å². The number of carbonyl (C=O) groups excluding carboxylic acids is 1. The van der Waals surface area contributed by atoms with Crippen molar-refractivity contribution in [2.24, 2.45) is 5.73 Å². The number of ether oxygens (including phenoxy) is 1. The molecule has 3 N–H and O–H groups in total. The molecule has 0 heterocycles. The van der Waals surface area contributed by atoms with Crippen molar-refractivity contribution in [1.29, 1.82) is 0 Å². The summed E-state index contributed by atoms with van der Waals surface area (Å²) in [6.45, 7) is 0.624. The lowest BCUT2D eigenvalue weighted by Crippen LogP contribution is -2.10. The number of primary amides is 1. The van der Waals surface area contributed by atoms with Crippen molar-refractivity contribution in [2.75, 3.05) is 12.4 Å². The second-order valence-electron chi connectivity index (χ2n) is 4.25. The van der Waals surface area contributed by atoms with Gasteiger partial charge in [-0.15, -0.1) is 0 Å². The number of halogens is 1. The predicted octanol–water partition coefficient (Wildman–Crippen LogP) is 3.17. The number of hydrogen-bond acceptors (Lipinski definition) is 3. The average Bonchev–Trinajstić information content (AvgIpc) is 2.45. The van der Waals surface area contributed by atoms with Crippen LogP contribution in [0.3, 0.4) is 0 Å². The summed E-state index contributed by atoms with van der Waals surface area (Å²) in [6, 6.07) is 12.9. The van der Waals surface area contributed by atoms with Gasteiger partial charge in [0.05, 0.1) is 7.11 Å². The van der Waals surface area contributed by atoms with Gasteiger partial charge >= 0.3 is 0 Å². The maximum atomic E-state index is 11.0. The van der Waals surface area contributed by atoms with Gasteiger partial charge in [0.1, 0.15) is 5.75 Å². The monoisotopic (exact) mass is 334 g/mol. The van der Waals surface area contributed by atoms with Gasteiger partial charge in [0, 0.05) is 27.8 Å². The Balaban J connectivity index is 2.08. The molecule has 0 aliphatic rings. The van der Waals surface area contributed by atoms with Crippen molar-refractivity contribution in [3.63, 3.8) is 0 Å². The van der Waals surface area contributed by atoms with E-state index in [9.17, 15) is 4.79 Å². The second kappa shape index (κ2) is 6.43. The average molecular weight is 335 g/mol. The van der Waals surface area contributed by atoms with Crippen molar-refractivity contribution in [3.05, 3.63) is 58.1 Å². The molecule has 5 heteroatoms. The van der Waals surface area contributed by atoms with Crippen molar-refractivity contribution in [1.82, 2.24) is 0 Å². The second-order valence-corrected chi connectivity index (χ2v) is 5.17. The molecular weight excluding hydrogens is 320 g/mol. The van der Waals surface area contributed by atoms with Gasteiger partial charge in [0.2, 0.25) is 5.91 Å². The summed E-state index contributed by atoms with van der Waals surface area (Å²) in [5.74, 6) is 0.402. The van der Waals surface area contributed by atoms with E-state index in [1.54, 1.807) is 19.2 Å². The molecule has 0 aromatic heterocycles. The van der Waals surface area contributed by atoms with E-state index >= 15 is 0 Å². The van der Waals surface area contributed by atoms with Gasteiger partial charge in [-0.1, -0.05) is 15.9 Å². The molecule has 0 aliphatic heterocycles. The molecule has 2 aromatic carbocycles. The first-order valence-corrected chi connectivity index (χ1v) is 6.85. The quantitative estimate of drug-likeness (QED) is 0.882. The zero-order valence-electron chi connectivity index (χ0n) is 11.0. The highest BCUT2D eigenvalue weighted by molar-refractivity contribution is 9.10. The molecule has 20 heavy (non-hydrogen) atoms. The molecule has 2 aromatic rings. The number of nitrogens with one attached hydrogen (secondary N) is 1. The highest BCUT2D eigenvalue weighted by Gasteiger charge is 2.04. The van der Waals surface area contributed by atoms with Crippen LogP contribution in [0.2, 0.25) is 0 Å². The molecule has 0 atom stereocenters. The maximum Gasteiger partial charge on any atom is 0.248 e. The minimum absolute atomic E-state index is 0.426. The Morgan fingerprint density at radius 1 is 1.25 bits per heavy atom. The Kier molecular flexibility index (Phi) is 4.63. The molecule has 1 amide bonds. The lowest BCUT2D eigenvalue weighted by atomic mass is 10.1. The lowest BCUT2D eigenvalue weighted by molar-refractivity contribution is 0.100. The van der Waals surface area contributed by atoms with Crippen LogP contribution in [0.1, 0.15) is 15.9 Å². The zero-order chi connectivity index (χ0) is 14.5. The maximum absolute atomic E-state index is 11.0. The third-order valence-electron chi connectivity index (χ3n) is 2.89. The Bertz CT molecular complexity index is 612. The number of hydrogen-bond donors (Lipinski definition) is 2. The van der Waals surface area contributed by atoms with Crippen molar-refractivity contribution >= 4 is 27.5 Å². The summed E-state index contributed by atoms with van der Waals surface area (Å²) < 4.78 is 6.32. The Labute approximate surface area is 126 Å². The van der Waals surface area contributed by atoms with Crippen molar-refractivity contribution in [2.45, 2.75) is 6.54 Å². The summed E-state index contributed by atoms with van der Waals surface area (Å²) in [4.78, 5) is 11.0. The molecule has 104 valence electrons. The van der Waals surface area contributed by atoms with Crippen LogP contribution in [0.5, 0.6) is 5.75 Å². The summed E-state index contributed by atoms with van der Waals surface area (Å²) >= 11 is 3.44. The minimum atomic E-state index is -0.426. The van der Waals surface area contributed by atoms with Gasteiger partial charge in [-0.3, -0.25) is 4.79 Å². The van der Waals surface area contributed by atoms with Crippen LogP contribution < -0.4 is 15.8 Å². The highest BCUT2D eigenvalue weighted by atomic mass is 79.9. The minimum Gasteiger partial charge on any atom is -0.496 e. The Hall–Kier alpha value is -2.01. The predicted molar refractivity (Wildman–Crippen MR) is 83.0 cm³/mol. The fraction of sp³-hybridized carbons (Fsp3) is 0.133. The van der Waals surface area contributed by atoms with Gasteiger partial charge < -0.3 is 15.8 Å². The van der Waals surface area contributed by atoms with Crippen LogP contribution >= 0.6 is 15.9 Å². The number of amides is 1. The fourth-order valence-corrected chi connectivity index (χ4v) is 2.24. The van der Waals surface area contributed by atoms with E-state index in [0.717, 1.165) is 21.5 Å². The largest absolute Gasteiger partial charge is 0.496 e. The third-order valence-corrected chi connectivity index (χ3v) is 3.39. The van der Waals surface area contributed by atoms with E-state index < -0.39 is 5.91 Å². The lowest BCUT2D eigenvalue weighted by Gasteiger charge is -2.11. The van der Waals surface area contributed by atoms with Gasteiger partial charge in [-0.25, -0.2) is 0 Å². The number of anilines is 1. The van der Waals surface area contributed by atoms with Gasteiger partial charge in [-0.2, -0.15) is 0 Å². The SMILES string of the molecule is COc1ccc(Br)cc1CNc1ccc(C(N)=O)cc1. The Morgan fingerprint density at radius 2 is 1.95 bits per heavy atom. The molecule has 0 fully saturated rings. The van der Waals surface area contributed by atoms with E-state index in [1.165, 1.54) is 0 Å². The van der Waals surface area contributed by atoms with E-state index in [-0.39, 0.29) is 0 Å². The molecule has 4 nitrogen and oxygen atoms in total. The molecule has 0 saturated carbocycles. The summed E-state index contributed by atoms with van der Waals surface area (Å²) in [5, 5.41) is 3.28. The number of rotatable bonds is 5. The van der Waals surface area contributed by atoms with Crippen LogP contribution in [-0.2, 0) is 6.54 Å². The van der Waals surface area contributed by atoms with Gasteiger partial charge in [0.25, 0.3) is 0 Å². The molecule has 0 aliphatic carbocycles.